The van der Waals surface area contributed by atoms with Gasteiger partial charge in [0.15, 0.2) is 5.65 Å². The third-order valence-corrected chi connectivity index (χ3v) is 8.64. The molecule has 1 amide bonds. The molecule has 4 aromatic heterocycles. The van der Waals surface area contributed by atoms with E-state index in [9.17, 15) is 4.79 Å². The molecule has 0 aliphatic carbocycles. The summed E-state index contributed by atoms with van der Waals surface area (Å²) in [4.78, 5) is 32.2. The smallest absolute Gasteiger partial charge is 0.410 e. The van der Waals surface area contributed by atoms with Crippen molar-refractivity contribution in [2.24, 2.45) is 0 Å². The second-order valence-corrected chi connectivity index (χ2v) is 13.3. The number of rotatable bonds is 5. The Morgan fingerprint density at radius 2 is 1.55 bits per heavy atom. The Hall–Kier alpha value is -4.37. The van der Waals surface area contributed by atoms with E-state index >= 15 is 0 Å². The molecule has 0 bridgehead atoms. The Morgan fingerprint density at radius 1 is 0.841 bits per heavy atom. The Balaban J connectivity index is 1.30. The fourth-order valence-corrected chi connectivity index (χ4v) is 6.64. The van der Waals surface area contributed by atoms with Crippen LogP contribution in [-0.2, 0) is 4.74 Å². The number of anilines is 1. The van der Waals surface area contributed by atoms with Crippen LogP contribution in [0.2, 0.25) is 0 Å². The predicted octanol–water partition coefficient (Wildman–Crippen LogP) is 7.70. The van der Waals surface area contributed by atoms with Crippen LogP contribution in [0.4, 0.5) is 10.6 Å². The second kappa shape index (κ2) is 12.0. The van der Waals surface area contributed by atoms with Crippen LogP contribution in [0, 0.1) is 20.8 Å². The van der Waals surface area contributed by atoms with Crippen LogP contribution < -0.4 is 4.90 Å². The molecule has 1 aliphatic heterocycles. The van der Waals surface area contributed by atoms with Crippen molar-refractivity contribution in [3.8, 4) is 22.5 Å². The summed E-state index contributed by atoms with van der Waals surface area (Å²) in [6.45, 7) is 14.5. The first kappa shape index (κ1) is 29.7. The van der Waals surface area contributed by atoms with Gasteiger partial charge >= 0.3 is 6.09 Å². The van der Waals surface area contributed by atoms with Gasteiger partial charge in [-0.05, 0) is 108 Å². The molecular formula is C35H38N6O2S. The van der Waals surface area contributed by atoms with E-state index in [1.807, 2.05) is 52.9 Å². The standard InChI is InChI=1S/C35H38N6O2S/c1-23-20-27(21-24(2)37-23)32-25(3)29-13-14-30(38-33(29)41(32)44-28-10-8-7-9-11-28)26-12-15-31(36-22-26)39-16-18-40(19-17-39)34(42)43-35(4,5)6/h7-15,20-22H,16-19H2,1-6H3. The number of carbonyl (C=O) groups is 1. The van der Waals surface area contributed by atoms with E-state index in [0.29, 0.717) is 26.2 Å². The molecule has 1 saturated heterocycles. The molecule has 1 aromatic carbocycles. The molecule has 8 nitrogen and oxygen atoms in total. The first-order valence-corrected chi connectivity index (χ1v) is 15.7. The largest absolute Gasteiger partial charge is 0.444 e. The average Bonchev–Trinajstić information content (AvgIpc) is 3.26. The molecule has 5 heterocycles. The quantitative estimate of drug-likeness (QED) is 0.203. The molecule has 0 atom stereocenters. The Kier molecular flexibility index (Phi) is 8.07. The van der Waals surface area contributed by atoms with Gasteiger partial charge in [0, 0.05) is 65.2 Å². The van der Waals surface area contributed by atoms with Crippen LogP contribution in [0.3, 0.4) is 0 Å². The third-order valence-electron chi connectivity index (χ3n) is 7.62. The summed E-state index contributed by atoms with van der Waals surface area (Å²) >= 11 is 1.68. The summed E-state index contributed by atoms with van der Waals surface area (Å²) < 4.78 is 7.79. The number of carbonyl (C=O) groups excluding carboxylic acids is 1. The lowest BCUT2D eigenvalue weighted by Crippen LogP contribution is -2.50. The molecular weight excluding hydrogens is 568 g/mol. The highest BCUT2D eigenvalue weighted by Gasteiger charge is 2.26. The number of piperazine rings is 1. The highest BCUT2D eigenvalue weighted by molar-refractivity contribution is 7.98. The number of nitrogens with zero attached hydrogens (tertiary/aromatic N) is 6. The van der Waals surface area contributed by atoms with Gasteiger partial charge in [-0.3, -0.25) is 8.96 Å². The van der Waals surface area contributed by atoms with Gasteiger partial charge < -0.3 is 14.5 Å². The molecule has 0 radical (unpaired) electrons. The first-order chi connectivity index (χ1) is 21.1. The molecule has 0 N–H and O–H groups in total. The molecule has 5 aromatic rings. The van der Waals surface area contributed by atoms with E-state index < -0.39 is 5.60 Å². The predicted molar refractivity (Wildman–Crippen MR) is 178 cm³/mol. The van der Waals surface area contributed by atoms with Crippen molar-refractivity contribution >= 4 is 34.9 Å². The maximum Gasteiger partial charge on any atom is 0.410 e. The van der Waals surface area contributed by atoms with Crippen LogP contribution in [-0.4, -0.2) is 61.7 Å². The SMILES string of the molecule is Cc1cc(-c2c(C)c3ccc(-c4ccc(N5CCN(C(=O)OC(C)(C)C)CC5)nc4)nc3n2Sc2ccccc2)cc(C)n1. The number of amides is 1. The molecule has 0 spiro atoms. The van der Waals surface area contributed by atoms with Gasteiger partial charge in [0.25, 0.3) is 0 Å². The highest BCUT2D eigenvalue weighted by atomic mass is 32.2. The average molecular weight is 607 g/mol. The van der Waals surface area contributed by atoms with Gasteiger partial charge in [-0.1, -0.05) is 18.2 Å². The number of benzene rings is 1. The van der Waals surface area contributed by atoms with Crippen LogP contribution in [0.5, 0.6) is 0 Å². The Labute approximate surface area is 263 Å². The fraction of sp³-hybridized carbons (Fsp3) is 0.314. The lowest BCUT2D eigenvalue weighted by molar-refractivity contribution is 0.0240. The second-order valence-electron chi connectivity index (χ2n) is 12.2. The van der Waals surface area contributed by atoms with Crippen LogP contribution in [0.15, 0.2) is 77.8 Å². The molecule has 0 unspecified atom stereocenters. The lowest BCUT2D eigenvalue weighted by atomic mass is 10.1. The fourth-order valence-electron chi connectivity index (χ4n) is 5.59. The number of ether oxygens (including phenoxy) is 1. The summed E-state index contributed by atoms with van der Waals surface area (Å²) in [5.41, 5.74) is 7.67. The zero-order valence-corrected chi connectivity index (χ0v) is 27.0. The van der Waals surface area contributed by atoms with Gasteiger partial charge in [0.05, 0.1) is 11.4 Å². The van der Waals surface area contributed by atoms with E-state index in [2.05, 4.69) is 75.4 Å². The van der Waals surface area contributed by atoms with Gasteiger partial charge in [-0.2, -0.15) is 0 Å². The normalized spacial score (nSPS) is 13.9. The maximum absolute atomic E-state index is 12.5. The van der Waals surface area contributed by atoms with Gasteiger partial charge in [0.1, 0.15) is 11.4 Å². The lowest BCUT2D eigenvalue weighted by Gasteiger charge is -2.36. The summed E-state index contributed by atoms with van der Waals surface area (Å²) in [6, 6.07) is 23.1. The number of pyridine rings is 3. The van der Waals surface area contributed by atoms with Crippen molar-refractivity contribution in [2.75, 3.05) is 31.1 Å². The number of fused-ring (bicyclic) bond motifs is 1. The minimum absolute atomic E-state index is 0.260. The van der Waals surface area contributed by atoms with E-state index in [1.54, 1.807) is 16.8 Å². The number of hydrogen-bond acceptors (Lipinski definition) is 7. The molecule has 9 heteroatoms. The molecule has 1 aliphatic rings. The van der Waals surface area contributed by atoms with E-state index in [1.165, 1.54) is 5.56 Å². The summed E-state index contributed by atoms with van der Waals surface area (Å²) in [6.07, 6.45) is 1.63. The molecule has 44 heavy (non-hydrogen) atoms. The molecule has 6 rings (SSSR count). The van der Waals surface area contributed by atoms with Gasteiger partial charge in [-0.25, -0.2) is 14.8 Å². The first-order valence-electron chi connectivity index (χ1n) is 15.0. The molecule has 226 valence electrons. The number of aryl methyl sites for hydroxylation is 3. The van der Waals surface area contributed by atoms with Crippen molar-refractivity contribution in [1.82, 2.24) is 23.8 Å². The van der Waals surface area contributed by atoms with Crippen molar-refractivity contribution in [2.45, 2.75) is 52.0 Å². The summed E-state index contributed by atoms with van der Waals surface area (Å²) in [5.74, 6) is 0.892. The van der Waals surface area contributed by atoms with Crippen molar-refractivity contribution in [1.29, 1.82) is 0 Å². The topological polar surface area (TPSA) is 76.4 Å². The van der Waals surface area contributed by atoms with E-state index in [0.717, 1.165) is 55.6 Å². The molecule has 0 saturated carbocycles. The summed E-state index contributed by atoms with van der Waals surface area (Å²) in [5, 5.41) is 1.12. The maximum atomic E-state index is 12.5. The van der Waals surface area contributed by atoms with Gasteiger partial charge in [-0.15, -0.1) is 0 Å². The van der Waals surface area contributed by atoms with E-state index in [-0.39, 0.29) is 6.09 Å². The Morgan fingerprint density at radius 3 is 2.18 bits per heavy atom. The van der Waals surface area contributed by atoms with E-state index in [4.69, 9.17) is 14.7 Å². The Bertz CT molecular complexity index is 1780. The van der Waals surface area contributed by atoms with Crippen molar-refractivity contribution in [3.05, 3.63) is 89.9 Å². The van der Waals surface area contributed by atoms with Gasteiger partial charge in [0.2, 0.25) is 0 Å². The minimum atomic E-state index is -0.498. The monoisotopic (exact) mass is 606 g/mol. The van der Waals surface area contributed by atoms with Crippen molar-refractivity contribution in [3.63, 3.8) is 0 Å². The van der Waals surface area contributed by atoms with Crippen LogP contribution >= 0.6 is 11.9 Å². The zero-order valence-electron chi connectivity index (χ0n) is 26.2. The van der Waals surface area contributed by atoms with Crippen LogP contribution in [0.25, 0.3) is 33.5 Å². The van der Waals surface area contributed by atoms with Crippen molar-refractivity contribution < 1.29 is 9.53 Å². The molecule has 1 fully saturated rings. The number of aromatic nitrogens is 4. The van der Waals surface area contributed by atoms with Crippen LogP contribution in [0.1, 0.15) is 37.7 Å². The summed E-state index contributed by atoms with van der Waals surface area (Å²) in [7, 11) is 0. The highest BCUT2D eigenvalue weighted by Crippen LogP contribution is 2.39. The minimum Gasteiger partial charge on any atom is -0.444 e. The third kappa shape index (κ3) is 6.28. The number of hydrogen-bond donors (Lipinski definition) is 0. The zero-order chi connectivity index (χ0) is 31.0.